The number of alkyl halides is 9. The first-order chi connectivity index (χ1) is 21.7. The molecule has 0 bridgehead atoms. The maximum Gasteiger partial charge on any atom is 0.416 e. The van der Waals surface area contributed by atoms with Gasteiger partial charge in [-0.1, -0.05) is 30.3 Å². The molecule has 47 heavy (non-hydrogen) atoms. The van der Waals surface area contributed by atoms with Gasteiger partial charge >= 0.3 is 28.7 Å². The number of primary amides is 1. The first-order valence-corrected chi connectivity index (χ1v) is 15.0. The molecular formula is C29H25F9N4O4S. The molecule has 0 aliphatic carbocycles. The summed E-state index contributed by atoms with van der Waals surface area (Å²) in [6, 6.07) is 9.19. The predicted molar refractivity (Wildman–Crippen MR) is 150 cm³/mol. The zero-order valence-electron chi connectivity index (χ0n) is 23.9. The minimum Gasteiger partial charge on any atom is -0.371 e. The van der Waals surface area contributed by atoms with Crippen LogP contribution in [0.15, 0.2) is 66.7 Å². The molecule has 8 nitrogen and oxygen atoms in total. The molecule has 1 aliphatic heterocycles. The molecule has 0 saturated carbocycles. The molecule has 0 atom stereocenters. The van der Waals surface area contributed by atoms with E-state index in [9.17, 15) is 57.5 Å². The van der Waals surface area contributed by atoms with Gasteiger partial charge in [0.25, 0.3) is 11.8 Å². The second-order valence-electron chi connectivity index (χ2n) is 10.6. The lowest BCUT2D eigenvalue weighted by molar-refractivity contribution is -0.143. The third-order valence-corrected chi connectivity index (χ3v) is 8.85. The van der Waals surface area contributed by atoms with E-state index >= 15 is 0 Å². The molecule has 18 heteroatoms. The lowest BCUT2D eigenvalue weighted by Gasteiger charge is -2.39. The fraction of sp³-hybridized carbons (Fsp3) is 0.310. The third-order valence-electron chi connectivity index (χ3n) is 7.36. The second kappa shape index (κ2) is 13.1. The van der Waals surface area contributed by atoms with Crippen molar-refractivity contribution in [1.29, 1.82) is 0 Å². The first-order valence-electron chi connectivity index (χ1n) is 13.6. The Balaban J connectivity index is 1.64. The average molecular weight is 697 g/mol. The van der Waals surface area contributed by atoms with Gasteiger partial charge in [-0.2, -0.15) is 52.2 Å². The fourth-order valence-corrected chi connectivity index (χ4v) is 6.46. The molecule has 254 valence electrons. The van der Waals surface area contributed by atoms with Crippen LogP contribution in [0, 0.1) is 0 Å². The topological polar surface area (TPSA) is 113 Å². The highest BCUT2D eigenvalue weighted by atomic mass is 32.2. The van der Waals surface area contributed by atoms with Crippen LogP contribution in [0.25, 0.3) is 0 Å². The van der Waals surface area contributed by atoms with Gasteiger partial charge in [-0.3, -0.25) is 9.59 Å². The summed E-state index contributed by atoms with van der Waals surface area (Å²) in [6.07, 6.45) is -15.5. The monoisotopic (exact) mass is 696 g/mol. The number of hydrogen-bond acceptors (Lipinski definition) is 5. The number of piperidine rings is 1. The van der Waals surface area contributed by atoms with E-state index in [4.69, 9.17) is 5.73 Å². The number of rotatable bonds is 8. The average Bonchev–Trinajstić information content (AvgIpc) is 2.98. The van der Waals surface area contributed by atoms with E-state index in [2.05, 4.69) is 0 Å². The zero-order chi connectivity index (χ0) is 34.9. The van der Waals surface area contributed by atoms with E-state index in [0.717, 1.165) is 16.4 Å². The summed E-state index contributed by atoms with van der Waals surface area (Å²) >= 11 is 0. The van der Waals surface area contributed by atoms with Crippen molar-refractivity contribution >= 4 is 27.7 Å². The van der Waals surface area contributed by atoms with E-state index in [1.807, 2.05) is 0 Å². The number of halogens is 9. The van der Waals surface area contributed by atoms with Crippen molar-refractivity contribution in [3.63, 3.8) is 0 Å². The van der Waals surface area contributed by atoms with E-state index in [-0.39, 0.29) is 61.9 Å². The van der Waals surface area contributed by atoms with Crippen LogP contribution in [0.2, 0.25) is 0 Å². The summed E-state index contributed by atoms with van der Waals surface area (Å²) in [4.78, 5) is 26.3. The maximum atomic E-state index is 13.6. The van der Waals surface area contributed by atoms with Crippen LogP contribution in [0.3, 0.4) is 0 Å². The molecule has 1 heterocycles. The van der Waals surface area contributed by atoms with E-state index in [0.29, 0.717) is 11.6 Å². The van der Waals surface area contributed by atoms with Gasteiger partial charge in [0.2, 0.25) is 0 Å². The number of amides is 2. The van der Waals surface area contributed by atoms with Crippen molar-refractivity contribution in [3.8, 4) is 0 Å². The summed E-state index contributed by atoms with van der Waals surface area (Å²) in [5.74, 6) is -2.76. The Bertz CT molecular complexity index is 1700. The Morgan fingerprint density at radius 1 is 0.787 bits per heavy atom. The number of nitrogens with zero attached hydrogens (tertiary/aromatic N) is 2. The Morgan fingerprint density at radius 2 is 1.32 bits per heavy atom. The number of nitrogens with one attached hydrogen (secondary N) is 1. The molecule has 1 aliphatic rings. The largest absolute Gasteiger partial charge is 0.416 e. The molecular weight excluding hydrogens is 671 g/mol. The van der Waals surface area contributed by atoms with Gasteiger partial charge in [-0.25, -0.2) is 4.72 Å². The molecule has 1 fully saturated rings. The SMILES string of the molecule is NC(=O)c1ccc(C(F)(F)F)cc1N1CCC(N(Cc2ccccc2)S(=O)(=O)NC(=O)c2cc(C(F)(F)F)cc(C(F)(F)F)c2)CC1. The van der Waals surface area contributed by atoms with Gasteiger partial charge in [0.1, 0.15) is 0 Å². The van der Waals surface area contributed by atoms with Crippen LogP contribution in [-0.2, 0) is 35.3 Å². The molecule has 4 rings (SSSR count). The molecule has 0 unspecified atom stereocenters. The molecule has 0 aromatic heterocycles. The summed E-state index contributed by atoms with van der Waals surface area (Å²) in [5.41, 5.74) is -0.508. The Hall–Kier alpha value is -4.32. The van der Waals surface area contributed by atoms with Crippen molar-refractivity contribution in [1.82, 2.24) is 9.03 Å². The summed E-state index contributed by atoms with van der Waals surface area (Å²) < 4.78 is 150. The smallest absolute Gasteiger partial charge is 0.371 e. The number of hydrogen-bond donors (Lipinski definition) is 2. The van der Waals surface area contributed by atoms with Crippen molar-refractivity contribution in [3.05, 3.63) is 100 Å². The Labute approximate surface area is 262 Å². The van der Waals surface area contributed by atoms with E-state index in [1.165, 1.54) is 17.0 Å². The van der Waals surface area contributed by atoms with E-state index in [1.54, 1.807) is 22.9 Å². The van der Waals surface area contributed by atoms with Crippen molar-refractivity contribution < 1.29 is 57.5 Å². The zero-order valence-corrected chi connectivity index (χ0v) is 24.7. The number of benzene rings is 3. The van der Waals surface area contributed by atoms with Crippen LogP contribution in [-0.4, -0.2) is 43.7 Å². The lowest BCUT2D eigenvalue weighted by atomic mass is 10.0. The quantitative estimate of drug-likeness (QED) is 0.281. The molecule has 0 spiro atoms. The van der Waals surface area contributed by atoms with Gasteiger partial charge in [-0.05, 0) is 54.8 Å². The van der Waals surface area contributed by atoms with Crippen LogP contribution in [0.1, 0.15) is 55.8 Å². The van der Waals surface area contributed by atoms with Crippen molar-refractivity contribution in [2.75, 3.05) is 18.0 Å². The molecule has 1 saturated heterocycles. The molecule has 0 radical (unpaired) electrons. The first kappa shape index (κ1) is 35.5. The fourth-order valence-electron chi connectivity index (χ4n) is 5.07. The minimum atomic E-state index is -5.30. The highest BCUT2D eigenvalue weighted by molar-refractivity contribution is 7.87. The van der Waals surface area contributed by atoms with Crippen LogP contribution in [0.4, 0.5) is 45.2 Å². The van der Waals surface area contributed by atoms with Gasteiger partial charge in [-0.15, -0.1) is 0 Å². The third kappa shape index (κ3) is 8.54. The summed E-state index contributed by atoms with van der Waals surface area (Å²) in [6.45, 7) is -0.576. The molecule has 3 aromatic carbocycles. The lowest BCUT2D eigenvalue weighted by Crippen LogP contribution is -2.52. The summed E-state index contributed by atoms with van der Waals surface area (Å²) in [5, 5.41) is 0. The number of carbonyl (C=O) groups excluding carboxylic acids is 2. The maximum absolute atomic E-state index is 13.6. The number of nitrogens with two attached hydrogens (primary N) is 1. The normalized spacial score (nSPS) is 15.1. The minimum absolute atomic E-state index is 0.0713. The van der Waals surface area contributed by atoms with E-state index < -0.39 is 68.8 Å². The highest BCUT2D eigenvalue weighted by Gasteiger charge is 2.39. The van der Waals surface area contributed by atoms with Crippen molar-refractivity contribution in [2.24, 2.45) is 5.73 Å². The molecule has 2 amide bonds. The van der Waals surface area contributed by atoms with Gasteiger partial charge in [0.15, 0.2) is 0 Å². The van der Waals surface area contributed by atoms with Crippen LogP contribution < -0.4 is 15.4 Å². The Kier molecular flexibility index (Phi) is 9.87. The molecule has 3 N–H and O–H groups in total. The standard InChI is InChI=1S/C29H25F9N4O4S/c30-27(31,32)19-6-7-23(25(39)43)24(15-19)41-10-8-22(9-11-41)42(16-17-4-2-1-3-5-17)47(45,46)40-26(44)18-12-20(28(33,34)35)14-21(13-18)29(36,37)38/h1-7,12-15,22H,8-11,16H2,(H2,39,43)(H,40,44). The van der Waals surface area contributed by atoms with Gasteiger partial charge in [0, 0.05) is 31.2 Å². The van der Waals surface area contributed by atoms with Crippen molar-refractivity contribution in [2.45, 2.75) is 44.0 Å². The summed E-state index contributed by atoms with van der Waals surface area (Å²) in [7, 11) is -4.96. The van der Waals surface area contributed by atoms with Crippen LogP contribution >= 0.6 is 0 Å². The van der Waals surface area contributed by atoms with Gasteiger partial charge < -0.3 is 10.6 Å². The second-order valence-corrected chi connectivity index (χ2v) is 12.2. The molecule has 3 aromatic rings. The van der Waals surface area contributed by atoms with Gasteiger partial charge in [0.05, 0.1) is 27.9 Å². The predicted octanol–water partition coefficient (Wildman–Crippen LogP) is 5.99. The van der Waals surface area contributed by atoms with Crippen LogP contribution in [0.5, 0.6) is 0 Å². The Morgan fingerprint density at radius 3 is 1.81 bits per heavy atom. The number of anilines is 1. The highest BCUT2D eigenvalue weighted by Crippen LogP contribution is 2.37. The number of carbonyl (C=O) groups is 2.